The fraction of sp³-hybridized carbons (Fsp3) is 0.148. The third kappa shape index (κ3) is 5.65. The minimum atomic E-state index is -2.20. The predicted octanol–water partition coefficient (Wildman–Crippen LogP) is 13.4. The van der Waals surface area contributed by atoms with Gasteiger partial charge in [-0.15, -0.1) is 0 Å². The van der Waals surface area contributed by atoms with Crippen molar-refractivity contribution in [2.75, 3.05) is 9.80 Å². The standard InChI is InChI=1S/C54H50N2Si2/c1-54(2)48-23-15-14-21-43(48)44-31-27-40(35-49(44)54)56(38-19-12-9-13-20-38)50-34-33-46-45-32-28-41(36-52(45)58(6,7)51-24-16-22-47(50)53(46)51)55(37-17-10-8-11-18-37)39-25-29-42(30-26-39)57(3,4)5/h8-36H,1-7H3. The Morgan fingerprint density at radius 3 is 1.67 bits per heavy atom. The summed E-state index contributed by atoms with van der Waals surface area (Å²) >= 11 is 0. The van der Waals surface area contributed by atoms with Crippen molar-refractivity contribution < 1.29 is 0 Å². The fourth-order valence-corrected chi connectivity index (χ4v) is 14.1. The Morgan fingerprint density at radius 1 is 0.431 bits per heavy atom. The molecule has 0 spiro atoms. The number of hydrogen-bond donors (Lipinski definition) is 0. The number of benzene rings is 8. The molecule has 2 nitrogen and oxygen atoms in total. The Morgan fingerprint density at radius 2 is 0.983 bits per heavy atom. The molecular formula is C54H50N2Si2. The van der Waals surface area contributed by atoms with Crippen molar-refractivity contribution in [3.63, 3.8) is 0 Å². The molecule has 1 aliphatic carbocycles. The molecule has 284 valence electrons. The molecule has 0 unspecified atom stereocenters. The zero-order valence-corrected chi connectivity index (χ0v) is 36.6. The van der Waals surface area contributed by atoms with Crippen LogP contribution in [0.4, 0.5) is 34.1 Å². The molecular weight excluding hydrogens is 733 g/mol. The van der Waals surface area contributed by atoms with Gasteiger partial charge in [0.1, 0.15) is 8.07 Å². The molecule has 0 saturated heterocycles. The van der Waals surface area contributed by atoms with Gasteiger partial charge < -0.3 is 9.80 Å². The molecule has 1 aliphatic heterocycles. The van der Waals surface area contributed by atoms with Crippen molar-refractivity contribution in [3.05, 3.63) is 187 Å². The van der Waals surface area contributed by atoms with E-state index in [1.165, 1.54) is 88.2 Å². The van der Waals surface area contributed by atoms with E-state index in [4.69, 9.17) is 0 Å². The molecule has 1 heterocycles. The average Bonchev–Trinajstić information content (AvgIpc) is 3.46. The van der Waals surface area contributed by atoms with Crippen molar-refractivity contribution in [1.29, 1.82) is 0 Å². The van der Waals surface area contributed by atoms with Crippen molar-refractivity contribution in [3.8, 4) is 22.3 Å². The summed E-state index contributed by atoms with van der Waals surface area (Å²) in [6.45, 7) is 17.1. The zero-order chi connectivity index (χ0) is 40.0. The number of para-hydroxylation sites is 2. The molecule has 58 heavy (non-hydrogen) atoms. The molecule has 8 aromatic carbocycles. The van der Waals surface area contributed by atoms with E-state index in [1.54, 1.807) is 0 Å². The highest BCUT2D eigenvalue weighted by Crippen LogP contribution is 2.51. The lowest BCUT2D eigenvalue weighted by atomic mass is 9.82. The van der Waals surface area contributed by atoms with Crippen LogP contribution in [0.1, 0.15) is 25.0 Å². The van der Waals surface area contributed by atoms with Crippen LogP contribution < -0.4 is 25.4 Å². The highest BCUT2D eigenvalue weighted by Gasteiger charge is 2.38. The maximum atomic E-state index is 2.55. The van der Waals surface area contributed by atoms with Crippen LogP contribution >= 0.6 is 0 Å². The highest BCUT2D eigenvalue weighted by molar-refractivity contribution is 7.03. The Kier molecular flexibility index (Phi) is 8.35. The fourth-order valence-electron chi connectivity index (χ4n) is 9.87. The molecule has 0 N–H and O–H groups in total. The Labute approximate surface area is 346 Å². The van der Waals surface area contributed by atoms with Crippen LogP contribution in [0.3, 0.4) is 0 Å². The average molecular weight is 783 g/mol. The van der Waals surface area contributed by atoms with E-state index < -0.39 is 16.1 Å². The maximum absolute atomic E-state index is 2.55. The van der Waals surface area contributed by atoms with Crippen LogP contribution in [0.15, 0.2) is 176 Å². The van der Waals surface area contributed by atoms with Gasteiger partial charge >= 0.3 is 0 Å². The first-order valence-corrected chi connectivity index (χ1v) is 27.2. The van der Waals surface area contributed by atoms with E-state index >= 15 is 0 Å². The third-order valence-electron chi connectivity index (χ3n) is 13.0. The van der Waals surface area contributed by atoms with Gasteiger partial charge in [-0.1, -0.05) is 161 Å². The lowest BCUT2D eigenvalue weighted by Crippen LogP contribution is -2.56. The van der Waals surface area contributed by atoms with Crippen LogP contribution in [0.2, 0.25) is 32.7 Å². The minimum Gasteiger partial charge on any atom is -0.311 e. The first-order valence-electron chi connectivity index (χ1n) is 20.7. The van der Waals surface area contributed by atoms with Crippen LogP contribution in [-0.4, -0.2) is 16.1 Å². The minimum absolute atomic E-state index is 0.0874. The lowest BCUT2D eigenvalue weighted by molar-refractivity contribution is 0.660. The zero-order valence-electron chi connectivity index (χ0n) is 34.6. The van der Waals surface area contributed by atoms with E-state index in [-0.39, 0.29) is 5.41 Å². The predicted molar refractivity (Wildman–Crippen MR) is 256 cm³/mol. The second kappa shape index (κ2) is 13.3. The Balaban J connectivity index is 1.13. The molecule has 0 atom stereocenters. The van der Waals surface area contributed by atoms with E-state index in [1.807, 2.05) is 0 Å². The first kappa shape index (κ1) is 36.4. The molecule has 0 saturated carbocycles. The normalized spacial score (nSPS) is 14.4. The summed E-state index contributed by atoms with van der Waals surface area (Å²) in [5, 5.41) is 7.15. The quantitative estimate of drug-likeness (QED) is 0.149. The van der Waals surface area contributed by atoms with Gasteiger partial charge in [-0.25, -0.2) is 0 Å². The van der Waals surface area contributed by atoms with E-state index in [2.05, 4.69) is 232 Å². The topological polar surface area (TPSA) is 6.48 Å². The molecule has 4 heteroatoms. The van der Waals surface area contributed by atoms with Gasteiger partial charge in [0.25, 0.3) is 0 Å². The molecule has 0 radical (unpaired) electrons. The van der Waals surface area contributed by atoms with Crippen molar-refractivity contribution >= 4 is 76.6 Å². The highest BCUT2D eigenvalue weighted by atomic mass is 28.3. The van der Waals surface area contributed by atoms with Gasteiger partial charge in [0.15, 0.2) is 0 Å². The van der Waals surface area contributed by atoms with Crippen LogP contribution in [0, 0.1) is 0 Å². The summed E-state index contributed by atoms with van der Waals surface area (Å²) in [4.78, 5) is 4.92. The maximum Gasteiger partial charge on any atom is 0.113 e. The van der Waals surface area contributed by atoms with Gasteiger partial charge in [-0.3, -0.25) is 0 Å². The SMILES string of the molecule is CC1(C)c2ccccc2-c2ccc(N(c3ccccc3)c3ccc4c5c(cccc35)[Si](C)(C)c3cc(N(c5ccccc5)c5ccc([Si](C)(C)C)cc5)ccc3-4)cc21. The summed E-state index contributed by atoms with van der Waals surface area (Å²) in [7, 11) is -3.63. The van der Waals surface area contributed by atoms with Crippen LogP contribution in [0.5, 0.6) is 0 Å². The molecule has 0 bridgehead atoms. The Bertz CT molecular complexity index is 2870. The third-order valence-corrected chi connectivity index (χ3v) is 18.6. The molecule has 2 aliphatic rings. The smallest absolute Gasteiger partial charge is 0.113 e. The van der Waals surface area contributed by atoms with Gasteiger partial charge in [-0.05, 0) is 116 Å². The monoisotopic (exact) mass is 782 g/mol. The number of fused-ring (bicyclic) bond motifs is 5. The van der Waals surface area contributed by atoms with E-state index in [9.17, 15) is 0 Å². The van der Waals surface area contributed by atoms with Crippen LogP contribution in [0.25, 0.3) is 33.0 Å². The summed E-state index contributed by atoms with van der Waals surface area (Å²) in [6, 6.07) is 66.3. The van der Waals surface area contributed by atoms with E-state index in [0.717, 1.165) is 5.69 Å². The van der Waals surface area contributed by atoms with Gasteiger partial charge in [0.2, 0.25) is 0 Å². The molecule has 8 aromatic rings. The van der Waals surface area contributed by atoms with E-state index in [0.29, 0.717) is 0 Å². The second-order valence-corrected chi connectivity index (χ2v) is 27.7. The number of nitrogens with zero attached hydrogens (tertiary/aromatic N) is 2. The largest absolute Gasteiger partial charge is 0.311 e. The second-order valence-electron chi connectivity index (χ2n) is 18.3. The summed E-state index contributed by atoms with van der Waals surface area (Å²) in [5.41, 5.74) is 15.2. The molecule has 0 amide bonds. The number of anilines is 6. The van der Waals surface area contributed by atoms with Crippen molar-refractivity contribution in [2.45, 2.75) is 52.0 Å². The summed E-state index contributed by atoms with van der Waals surface area (Å²) in [5.74, 6) is 0. The lowest BCUT2D eigenvalue weighted by Gasteiger charge is -2.36. The summed E-state index contributed by atoms with van der Waals surface area (Å²) < 4.78 is 0. The van der Waals surface area contributed by atoms with Gasteiger partial charge in [0, 0.05) is 39.2 Å². The van der Waals surface area contributed by atoms with Crippen LogP contribution in [-0.2, 0) is 5.41 Å². The first-order chi connectivity index (χ1) is 27.9. The number of rotatable bonds is 7. The molecule has 10 rings (SSSR count). The molecule has 0 fully saturated rings. The Hall–Kier alpha value is -5.95. The summed E-state index contributed by atoms with van der Waals surface area (Å²) in [6.07, 6.45) is 0. The van der Waals surface area contributed by atoms with Gasteiger partial charge in [-0.2, -0.15) is 0 Å². The van der Waals surface area contributed by atoms with Crippen molar-refractivity contribution in [1.82, 2.24) is 0 Å². The van der Waals surface area contributed by atoms with Gasteiger partial charge in [0.05, 0.1) is 13.8 Å². The number of hydrogen-bond acceptors (Lipinski definition) is 2. The molecule has 0 aromatic heterocycles. The van der Waals surface area contributed by atoms with Crippen molar-refractivity contribution in [2.24, 2.45) is 0 Å².